The van der Waals surface area contributed by atoms with Gasteiger partial charge in [-0.05, 0) is 45.9 Å². The van der Waals surface area contributed by atoms with Crippen LogP contribution in [0.15, 0.2) is 41.6 Å². The molecule has 0 amide bonds. The van der Waals surface area contributed by atoms with Crippen molar-refractivity contribution in [3.05, 3.63) is 42.3 Å². The van der Waals surface area contributed by atoms with Gasteiger partial charge in [0.15, 0.2) is 5.75 Å². The highest BCUT2D eigenvalue weighted by molar-refractivity contribution is 7.92. The van der Waals surface area contributed by atoms with Crippen molar-refractivity contribution < 1.29 is 26.9 Å². The second kappa shape index (κ2) is 7.02. The zero-order valence-corrected chi connectivity index (χ0v) is 17.1. The van der Waals surface area contributed by atoms with Crippen LogP contribution in [-0.4, -0.2) is 38.8 Å². The Morgan fingerprint density at radius 3 is 2.36 bits per heavy atom. The Bertz CT molecular complexity index is 981. The van der Waals surface area contributed by atoms with Gasteiger partial charge < -0.3 is 14.0 Å². The van der Waals surface area contributed by atoms with E-state index in [1.807, 2.05) is 27.7 Å². The Labute approximate surface area is 164 Å². The van der Waals surface area contributed by atoms with Gasteiger partial charge in [0.1, 0.15) is 5.82 Å². The first-order valence-electron chi connectivity index (χ1n) is 8.64. The van der Waals surface area contributed by atoms with Crippen LogP contribution in [0.3, 0.4) is 0 Å². The monoisotopic (exact) mass is 408 g/mol. The average Bonchev–Trinajstić information content (AvgIpc) is 2.84. The molecule has 2 aromatic rings. The van der Waals surface area contributed by atoms with Crippen LogP contribution in [0.4, 0.5) is 10.1 Å². The summed E-state index contributed by atoms with van der Waals surface area (Å²) in [5.74, 6) is -0.725. The predicted octanol–water partition coefficient (Wildman–Crippen LogP) is 2.33. The van der Waals surface area contributed by atoms with Crippen molar-refractivity contribution in [1.29, 1.82) is 0 Å². The predicted molar refractivity (Wildman–Crippen MR) is 104 cm³/mol. The van der Waals surface area contributed by atoms with Gasteiger partial charge >= 0.3 is 7.12 Å². The van der Waals surface area contributed by atoms with Gasteiger partial charge in [0, 0.05) is 11.7 Å². The molecule has 1 fully saturated rings. The van der Waals surface area contributed by atoms with Gasteiger partial charge in [-0.25, -0.2) is 9.37 Å². The molecule has 0 radical (unpaired) electrons. The third-order valence-electron chi connectivity index (χ3n) is 4.99. The van der Waals surface area contributed by atoms with E-state index in [2.05, 4.69) is 9.71 Å². The molecule has 1 saturated heterocycles. The van der Waals surface area contributed by atoms with Crippen LogP contribution in [-0.2, 0) is 19.3 Å². The first kappa shape index (κ1) is 20.6. The number of sulfonamides is 1. The van der Waals surface area contributed by atoms with Gasteiger partial charge in [-0.15, -0.1) is 0 Å². The lowest BCUT2D eigenvalue weighted by molar-refractivity contribution is 0.00578. The molecule has 28 heavy (non-hydrogen) atoms. The fourth-order valence-electron chi connectivity index (χ4n) is 2.71. The van der Waals surface area contributed by atoms with Gasteiger partial charge in [0.25, 0.3) is 10.0 Å². The van der Waals surface area contributed by atoms with Crippen LogP contribution in [0.25, 0.3) is 0 Å². The van der Waals surface area contributed by atoms with Gasteiger partial charge in [0.2, 0.25) is 5.03 Å². The smallest absolute Gasteiger partial charge is 0.494 e. The van der Waals surface area contributed by atoms with Crippen molar-refractivity contribution >= 4 is 28.3 Å². The molecule has 7 nitrogen and oxygen atoms in total. The molecule has 0 atom stereocenters. The fraction of sp³-hybridized carbons (Fsp3) is 0.389. The Balaban J connectivity index is 1.94. The third kappa shape index (κ3) is 3.59. The van der Waals surface area contributed by atoms with E-state index >= 15 is 4.39 Å². The molecule has 1 aromatic carbocycles. The summed E-state index contributed by atoms with van der Waals surface area (Å²) >= 11 is 0. The minimum atomic E-state index is -4.17. The van der Waals surface area contributed by atoms with E-state index in [4.69, 9.17) is 14.0 Å². The van der Waals surface area contributed by atoms with E-state index in [0.29, 0.717) is 0 Å². The first-order valence-corrected chi connectivity index (χ1v) is 10.1. The SMILES string of the molecule is COc1cccnc1S(=O)(=O)Nc1cccc(B2OC(C)(C)C(C)(C)O2)c1F. The standard InChI is InChI=1S/C18H22BFN2O5S/c1-17(2)18(3,4)27-19(26-17)12-8-6-9-13(15(12)20)22-28(23,24)16-14(25-5)10-7-11-21-16/h6-11,22H,1-5H3. The number of pyridine rings is 1. The fourth-order valence-corrected chi connectivity index (χ4v) is 3.87. The minimum Gasteiger partial charge on any atom is -0.494 e. The molecule has 0 saturated carbocycles. The van der Waals surface area contributed by atoms with Crippen molar-refractivity contribution in [1.82, 2.24) is 4.98 Å². The topological polar surface area (TPSA) is 86.8 Å². The number of benzene rings is 1. The summed E-state index contributed by atoms with van der Waals surface area (Å²) in [6.07, 6.45) is 1.31. The number of methoxy groups -OCH3 is 1. The molecule has 0 unspecified atom stereocenters. The Morgan fingerprint density at radius 1 is 1.11 bits per heavy atom. The normalized spacial score (nSPS) is 18.1. The second-order valence-electron chi connectivity index (χ2n) is 7.41. The van der Waals surface area contributed by atoms with Gasteiger partial charge in [0.05, 0.1) is 24.0 Å². The summed E-state index contributed by atoms with van der Waals surface area (Å²) < 4.78 is 59.5. The molecule has 0 spiro atoms. The lowest BCUT2D eigenvalue weighted by Gasteiger charge is -2.32. The number of aromatic nitrogens is 1. The third-order valence-corrected chi connectivity index (χ3v) is 6.30. The van der Waals surface area contributed by atoms with E-state index in [0.717, 1.165) is 0 Å². The molecular formula is C18H22BFN2O5S. The number of halogens is 1. The quantitative estimate of drug-likeness (QED) is 0.765. The Kier molecular flexibility index (Phi) is 5.16. The van der Waals surface area contributed by atoms with E-state index in [9.17, 15) is 8.42 Å². The van der Waals surface area contributed by atoms with Gasteiger partial charge in [-0.1, -0.05) is 12.1 Å². The summed E-state index contributed by atoms with van der Waals surface area (Å²) in [7, 11) is -3.80. The van der Waals surface area contributed by atoms with Gasteiger partial charge in [-0.2, -0.15) is 8.42 Å². The Hall–Kier alpha value is -2.17. The second-order valence-corrected chi connectivity index (χ2v) is 9.01. The molecule has 10 heteroatoms. The van der Waals surface area contributed by atoms with Crippen molar-refractivity contribution in [2.24, 2.45) is 0 Å². The summed E-state index contributed by atoms with van der Waals surface area (Å²) in [6, 6.07) is 7.33. The molecule has 1 aliphatic heterocycles. The van der Waals surface area contributed by atoms with Crippen LogP contribution >= 0.6 is 0 Å². The lowest BCUT2D eigenvalue weighted by Crippen LogP contribution is -2.41. The van der Waals surface area contributed by atoms with E-state index in [-0.39, 0.29) is 21.9 Å². The highest BCUT2D eigenvalue weighted by atomic mass is 32.2. The molecule has 1 aliphatic rings. The van der Waals surface area contributed by atoms with Crippen LogP contribution in [0.5, 0.6) is 5.75 Å². The minimum absolute atomic E-state index is 0.0533. The van der Waals surface area contributed by atoms with Crippen LogP contribution in [0, 0.1) is 5.82 Å². The number of anilines is 1. The van der Waals surface area contributed by atoms with Crippen LogP contribution in [0.2, 0.25) is 0 Å². The van der Waals surface area contributed by atoms with Crippen molar-refractivity contribution in [2.75, 3.05) is 11.8 Å². The number of nitrogens with zero attached hydrogens (tertiary/aromatic N) is 1. The van der Waals surface area contributed by atoms with Gasteiger partial charge in [-0.3, -0.25) is 4.72 Å². The summed E-state index contributed by atoms with van der Waals surface area (Å²) in [6.45, 7) is 7.41. The van der Waals surface area contributed by atoms with Crippen molar-refractivity contribution in [3.63, 3.8) is 0 Å². The summed E-state index contributed by atoms with van der Waals surface area (Å²) in [5.41, 5.74) is -1.44. The number of rotatable bonds is 5. The van der Waals surface area contributed by atoms with Crippen molar-refractivity contribution in [2.45, 2.75) is 43.9 Å². The highest BCUT2D eigenvalue weighted by Crippen LogP contribution is 2.37. The zero-order valence-electron chi connectivity index (χ0n) is 16.3. The number of hydrogen-bond acceptors (Lipinski definition) is 6. The number of hydrogen-bond donors (Lipinski definition) is 1. The maximum Gasteiger partial charge on any atom is 0.497 e. The molecule has 0 bridgehead atoms. The molecule has 2 heterocycles. The highest BCUT2D eigenvalue weighted by Gasteiger charge is 2.52. The summed E-state index contributed by atoms with van der Waals surface area (Å²) in [4.78, 5) is 3.84. The molecule has 1 aromatic heterocycles. The van der Waals surface area contributed by atoms with Crippen LogP contribution < -0.4 is 14.9 Å². The number of nitrogens with one attached hydrogen (secondary N) is 1. The maximum absolute atomic E-state index is 15.1. The van der Waals surface area contributed by atoms with E-state index in [1.54, 1.807) is 0 Å². The molecular weight excluding hydrogens is 386 g/mol. The largest absolute Gasteiger partial charge is 0.497 e. The van der Waals surface area contributed by atoms with E-state index < -0.39 is 34.2 Å². The first-order chi connectivity index (χ1) is 13.0. The Morgan fingerprint density at radius 2 is 1.75 bits per heavy atom. The molecule has 0 aliphatic carbocycles. The summed E-state index contributed by atoms with van der Waals surface area (Å²) in [5, 5.41) is -0.335. The maximum atomic E-state index is 15.1. The van der Waals surface area contributed by atoms with Crippen LogP contribution in [0.1, 0.15) is 27.7 Å². The average molecular weight is 408 g/mol. The van der Waals surface area contributed by atoms with Crippen molar-refractivity contribution in [3.8, 4) is 5.75 Å². The molecule has 1 N–H and O–H groups in total. The lowest BCUT2D eigenvalue weighted by atomic mass is 9.78. The zero-order chi connectivity index (χ0) is 20.7. The molecule has 150 valence electrons. The molecule has 3 rings (SSSR count). The van der Waals surface area contributed by atoms with E-state index in [1.165, 1.54) is 43.6 Å². The number of ether oxygens (including phenoxy) is 1.